The maximum absolute atomic E-state index is 12.3. The molecule has 152 valence electrons. The van der Waals surface area contributed by atoms with E-state index in [1.807, 2.05) is 30.3 Å². The molecule has 0 aliphatic carbocycles. The van der Waals surface area contributed by atoms with Crippen LogP contribution in [-0.4, -0.2) is 30.7 Å². The van der Waals surface area contributed by atoms with Crippen LogP contribution in [0.15, 0.2) is 64.6 Å². The minimum absolute atomic E-state index is 0.253. The maximum atomic E-state index is 12.3. The number of nitrogens with one attached hydrogen (secondary N) is 2. The molecule has 4 rings (SSSR count). The zero-order valence-electron chi connectivity index (χ0n) is 15.6. The Morgan fingerprint density at radius 1 is 1.20 bits per heavy atom. The molecule has 1 fully saturated rings. The molecule has 0 atom stereocenters. The second-order valence-electron chi connectivity index (χ2n) is 6.48. The summed E-state index contributed by atoms with van der Waals surface area (Å²) in [5.41, 5.74) is 2.51. The number of benzene rings is 2. The lowest BCUT2D eigenvalue weighted by molar-refractivity contribution is -0.115. The van der Waals surface area contributed by atoms with Crippen molar-refractivity contribution in [1.82, 2.24) is 10.3 Å². The van der Waals surface area contributed by atoms with Crippen LogP contribution in [0.2, 0.25) is 5.02 Å². The molecule has 1 aromatic heterocycles. The number of thioether (sulfide) groups is 1. The standard InChI is InChI=1S/C20H15ClN4O3S2/c1-30(27,28)25-14-5-7-17(15(21)11-14)23-20-24-19(26)18(29-20)10-12-4-6-16-13(9-12)3-2-8-22-16/h2-11,25H,1H3,(H,23,24,26)/b18-10-. The van der Waals surface area contributed by atoms with Crippen LogP contribution < -0.4 is 10.0 Å². The SMILES string of the molecule is CS(=O)(=O)Nc1ccc(N=C2NC(=O)/C(=C/c3ccc4ncccc4c3)S2)c(Cl)c1. The van der Waals surface area contributed by atoms with Crippen molar-refractivity contribution in [3.05, 3.63) is 70.2 Å². The lowest BCUT2D eigenvalue weighted by Crippen LogP contribution is -2.19. The third-order valence-corrected chi connectivity index (χ3v) is 5.87. The van der Waals surface area contributed by atoms with Crippen LogP contribution in [0.1, 0.15) is 5.56 Å². The third kappa shape index (κ3) is 4.81. The molecule has 3 aromatic rings. The summed E-state index contributed by atoms with van der Waals surface area (Å²) >= 11 is 7.41. The van der Waals surface area contributed by atoms with E-state index >= 15 is 0 Å². The fraction of sp³-hybridized carbons (Fsp3) is 0.0500. The summed E-state index contributed by atoms with van der Waals surface area (Å²) in [5.74, 6) is -0.253. The molecular weight excluding hydrogens is 444 g/mol. The van der Waals surface area contributed by atoms with E-state index in [1.165, 1.54) is 17.8 Å². The molecular formula is C20H15ClN4O3S2. The number of nitrogens with zero attached hydrogens (tertiary/aromatic N) is 2. The molecule has 1 amide bonds. The molecule has 1 saturated heterocycles. The van der Waals surface area contributed by atoms with Crippen molar-refractivity contribution in [3.63, 3.8) is 0 Å². The molecule has 0 spiro atoms. The topological polar surface area (TPSA) is 101 Å². The molecule has 0 bridgehead atoms. The molecule has 2 heterocycles. The van der Waals surface area contributed by atoms with Crippen molar-refractivity contribution < 1.29 is 13.2 Å². The van der Waals surface area contributed by atoms with E-state index < -0.39 is 10.0 Å². The highest BCUT2D eigenvalue weighted by atomic mass is 35.5. The Morgan fingerprint density at radius 2 is 2.03 bits per heavy atom. The molecule has 2 aromatic carbocycles. The van der Waals surface area contributed by atoms with Crippen molar-refractivity contribution >= 4 is 72.8 Å². The maximum Gasteiger partial charge on any atom is 0.264 e. The van der Waals surface area contributed by atoms with Gasteiger partial charge in [-0.25, -0.2) is 13.4 Å². The van der Waals surface area contributed by atoms with Crippen molar-refractivity contribution in [2.45, 2.75) is 0 Å². The fourth-order valence-corrected chi connectivity index (χ4v) is 4.41. The molecule has 1 aliphatic heterocycles. The van der Waals surface area contributed by atoms with E-state index in [1.54, 1.807) is 24.4 Å². The minimum atomic E-state index is -3.40. The number of halogens is 1. The van der Waals surface area contributed by atoms with Gasteiger partial charge in [-0.15, -0.1) is 0 Å². The van der Waals surface area contributed by atoms with Gasteiger partial charge >= 0.3 is 0 Å². The van der Waals surface area contributed by atoms with Gasteiger partial charge in [-0.05, 0) is 59.8 Å². The van der Waals surface area contributed by atoms with Crippen molar-refractivity contribution in [1.29, 1.82) is 0 Å². The quantitative estimate of drug-likeness (QED) is 0.572. The van der Waals surface area contributed by atoms with E-state index in [9.17, 15) is 13.2 Å². The zero-order chi connectivity index (χ0) is 21.3. The smallest absolute Gasteiger partial charge is 0.264 e. The predicted molar refractivity (Wildman–Crippen MR) is 122 cm³/mol. The highest BCUT2D eigenvalue weighted by Crippen LogP contribution is 2.32. The summed E-state index contributed by atoms with van der Waals surface area (Å²) in [5, 5.41) is 4.34. The van der Waals surface area contributed by atoms with Gasteiger partial charge in [0.2, 0.25) is 10.0 Å². The number of rotatable bonds is 4. The summed E-state index contributed by atoms with van der Waals surface area (Å²) in [6.07, 6.45) is 4.58. The second-order valence-corrected chi connectivity index (χ2v) is 9.66. The summed E-state index contributed by atoms with van der Waals surface area (Å²) in [6.45, 7) is 0. The van der Waals surface area contributed by atoms with Gasteiger partial charge in [-0.1, -0.05) is 23.7 Å². The van der Waals surface area contributed by atoms with Gasteiger partial charge in [0.15, 0.2) is 5.17 Å². The normalized spacial score (nSPS) is 16.9. The van der Waals surface area contributed by atoms with Gasteiger partial charge in [0.1, 0.15) is 0 Å². The number of aliphatic imine (C=N–C) groups is 1. The number of sulfonamides is 1. The summed E-state index contributed by atoms with van der Waals surface area (Å²) in [6, 6.07) is 14.2. The van der Waals surface area contributed by atoms with Gasteiger partial charge in [-0.2, -0.15) is 0 Å². The Labute approximate surface area is 182 Å². The fourth-order valence-electron chi connectivity index (χ4n) is 2.80. The molecule has 0 radical (unpaired) electrons. The van der Waals surface area contributed by atoms with Crippen molar-refractivity contribution in [2.24, 2.45) is 4.99 Å². The highest BCUT2D eigenvalue weighted by Gasteiger charge is 2.24. The van der Waals surface area contributed by atoms with Crippen LogP contribution in [-0.2, 0) is 14.8 Å². The summed E-state index contributed by atoms with van der Waals surface area (Å²) in [7, 11) is -3.40. The Balaban J connectivity index is 1.56. The van der Waals surface area contributed by atoms with Crippen LogP contribution in [0.5, 0.6) is 0 Å². The molecule has 30 heavy (non-hydrogen) atoms. The van der Waals surface area contributed by atoms with Gasteiger partial charge in [0.05, 0.1) is 33.1 Å². The van der Waals surface area contributed by atoms with Gasteiger partial charge in [0.25, 0.3) is 5.91 Å². The molecule has 0 saturated carbocycles. The number of carbonyl (C=O) groups excluding carboxylic acids is 1. The van der Waals surface area contributed by atoms with E-state index in [0.717, 1.165) is 22.7 Å². The molecule has 0 unspecified atom stereocenters. The number of pyridine rings is 1. The number of amides is 1. The van der Waals surface area contributed by atoms with Crippen LogP contribution in [0, 0.1) is 0 Å². The zero-order valence-corrected chi connectivity index (χ0v) is 18.0. The Bertz CT molecular complexity index is 1340. The number of aromatic nitrogens is 1. The van der Waals surface area contributed by atoms with Gasteiger partial charge in [0, 0.05) is 11.6 Å². The Hall–Kier alpha value is -2.88. The van der Waals surface area contributed by atoms with Crippen LogP contribution in [0.3, 0.4) is 0 Å². The lowest BCUT2D eigenvalue weighted by Gasteiger charge is -2.06. The Kier molecular flexibility index (Phi) is 5.50. The number of hydrogen-bond donors (Lipinski definition) is 2. The molecule has 2 N–H and O–H groups in total. The van der Waals surface area contributed by atoms with Crippen LogP contribution >= 0.6 is 23.4 Å². The largest absolute Gasteiger partial charge is 0.300 e. The minimum Gasteiger partial charge on any atom is -0.300 e. The van der Waals surface area contributed by atoms with Gasteiger partial charge in [-0.3, -0.25) is 14.5 Å². The lowest BCUT2D eigenvalue weighted by atomic mass is 10.1. The first-order valence-corrected chi connectivity index (χ1v) is 11.8. The third-order valence-electron chi connectivity index (χ3n) is 4.05. The Morgan fingerprint density at radius 3 is 2.80 bits per heavy atom. The highest BCUT2D eigenvalue weighted by molar-refractivity contribution is 8.18. The monoisotopic (exact) mass is 458 g/mol. The number of carbonyl (C=O) groups is 1. The van der Waals surface area contributed by atoms with E-state index in [-0.39, 0.29) is 10.9 Å². The molecule has 10 heteroatoms. The first kappa shape index (κ1) is 20.4. The number of hydrogen-bond acceptors (Lipinski definition) is 6. The van der Waals surface area contributed by atoms with Crippen LogP contribution in [0.4, 0.5) is 11.4 Å². The number of fused-ring (bicyclic) bond motifs is 1. The van der Waals surface area contributed by atoms with Crippen molar-refractivity contribution in [3.8, 4) is 0 Å². The molecule has 7 nitrogen and oxygen atoms in total. The first-order chi connectivity index (χ1) is 14.3. The summed E-state index contributed by atoms with van der Waals surface area (Å²) < 4.78 is 25.0. The second kappa shape index (κ2) is 8.10. The van der Waals surface area contributed by atoms with Crippen molar-refractivity contribution in [2.75, 3.05) is 11.0 Å². The van der Waals surface area contributed by atoms with Gasteiger partial charge < -0.3 is 5.32 Å². The van der Waals surface area contributed by atoms with E-state index in [4.69, 9.17) is 11.6 Å². The van der Waals surface area contributed by atoms with E-state index in [2.05, 4.69) is 20.0 Å². The van der Waals surface area contributed by atoms with Crippen LogP contribution in [0.25, 0.3) is 17.0 Å². The van der Waals surface area contributed by atoms with E-state index in [0.29, 0.717) is 21.4 Å². The summed E-state index contributed by atoms with van der Waals surface area (Å²) in [4.78, 5) is 21.5. The average molecular weight is 459 g/mol. The average Bonchev–Trinajstić information content (AvgIpc) is 3.01. The number of amidine groups is 1. The molecule has 1 aliphatic rings. The number of anilines is 1. The predicted octanol–water partition coefficient (Wildman–Crippen LogP) is 4.15. The first-order valence-electron chi connectivity index (χ1n) is 8.68.